The molecule has 3 rings (SSSR count). The molecule has 2 atom stereocenters. The molecule has 3 N–H and O–H groups in total. The number of benzene rings is 1. The molecule has 0 spiro atoms. The van der Waals surface area contributed by atoms with E-state index in [9.17, 15) is 4.79 Å². The number of thiazole rings is 1. The zero-order valence-electron chi connectivity index (χ0n) is 11.4. The minimum absolute atomic E-state index is 0.00710. The Balaban J connectivity index is 1.71. The lowest BCUT2D eigenvalue weighted by Gasteiger charge is -2.08. The van der Waals surface area contributed by atoms with Gasteiger partial charge in [0, 0.05) is 27.9 Å². The van der Waals surface area contributed by atoms with Crippen LogP contribution in [0.1, 0.15) is 19.3 Å². The summed E-state index contributed by atoms with van der Waals surface area (Å²) in [5.74, 6) is 0.0238. The van der Waals surface area contributed by atoms with Crippen LogP contribution in [0.15, 0.2) is 29.6 Å². The Labute approximate surface area is 132 Å². The van der Waals surface area contributed by atoms with Crippen LogP contribution in [0, 0.1) is 5.92 Å². The standard InChI is InChI=1S/C15H16ClN3OS/c16-12-4-2-1-3-11(12)13-8-21-15(18-13)19-14(20)9-5-6-10(17)7-9/h1-4,8-10H,5-7,17H2,(H,18,19,20). The first-order chi connectivity index (χ1) is 10.1. The number of nitrogens with zero attached hydrogens (tertiary/aromatic N) is 1. The minimum atomic E-state index is 0.00710. The fourth-order valence-corrected chi connectivity index (χ4v) is 3.53. The maximum atomic E-state index is 12.1. The first kappa shape index (κ1) is 14.5. The van der Waals surface area contributed by atoms with Gasteiger partial charge < -0.3 is 11.1 Å². The third-order valence-electron chi connectivity index (χ3n) is 3.73. The molecule has 1 amide bonds. The summed E-state index contributed by atoms with van der Waals surface area (Å²) in [6, 6.07) is 7.69. The Morgan fingerprint density at radius 1 is 1.38 bits per heavy atom. The van der Waals surface area contributed by atoms with Crippen LogP contribution in [0.5, 0.6) is 0 Å². The van der Waals surface area contributed by atoms with Crippen molar-refractivity contribution in [1.29, 1.82) is 0 Å². The highest BCUT2D eigenvalue weighted by Crippen LogP contribution is 2.31. The molecule has 1 aromatic heterocycles. The van der Waals surface area contributed by atoms with E-state index in [4.69, 9.17) is 17.3 Å². The lowest BCUT2D eigenvalue weighted by atomic mass is 10.1. The van der Waals surface area contributed by atoms with Crippen molar-refractivity contribution in [2.24, 2.45) is 11.7 Å². The monoisotopic (exact) mass is 321 g/mol. The summed E-state index contributed by atoms with van der Waals surface area (Å²) in [5.41, 5.74) is 7.50. The van der Waals surface area contributed by atoms with E-state index < -0.39 is 0 Å². The minimum Gasteiger partial charge on any atom is -0.328 e. The summed E-state index contributed by atoms with van der Waals surface area (Å²) < 4.78 is 0. The molecule has 0 aliphatic heterocycles. The zero-order chi connectivity index (χ0) is 14.8. The van der Waals surface area contributed by atoms with Crippen LogP contribution >= 0.6 is 22.9 Å². The van der Waals surface area contributed by atoms with E-state index in [1.165, 1.54) is 11.3 Å². The number of amides is 1. The van der Waals surface area contributed by atoms with Gasteiger partial charge in [0.2, 0.25) is 5.91 Å². The number of aromatic nitrogens is 1. The van der Waals surface area contributed by atoms with Crippen LogP contribution in [0.3, 0.4) is 0 Å². The number of rotatable bonds is 3. The van der Waals surface area contributed by atoms with Crippen LogP contribution < -0.4 is 11.1 Å². The number of hydrogen-bond acceptors (Lipinski definition) is 4. The van der Waals surface area contributed by atoms with E-state index in [2.05, 4.69) is 10.3 Å². The smallest absolute Gasteiger partial charge is 0.229 e. The molecule has 6 heteroatoms. The lowest BCUT2D eigenvalue weighted by Crippen LogP contribution is -2.23. The van der Waals surface area contributed by atoms with Gasteiger partial charge in [0.1, 0.15) is 0 Å². The van der Waals surface area contributed by atoms with E-state index >= 15 is 0 Å². The molecule has 1 saturated carbocycles. The predicted octanol–water partition coefficient (Wildman–Crippen LogP) is 3.53. The van der Waals surface area contributed by atoms with E-state index in [-0.39, 0.29) is 17.9 Å². The topological polar surface area (TPSA) is 68.0 Å². The highest BCUT2D eigenvalue weighted by Gasteiger charge is 2.28. The normalized spacial score (nSPS) is 21.4. The highest BCUT2D eigenvalue weighted by molar-refractivity contribution is 7.14. The number of nitrogens with two attached hydrogens (primary N) is 1. The van der Waals surface area contributed by atoms with Gasteiger partial charge in [-0.3, -0.25) is 4.79 Å². The SMILES string of the molecule is NC1CCC(C(=O)Nc2nc(-c3ccccc3Cl)cs2)C1. The predicted molar refractivity (Wildman–Crippen MR) is 86.5 cm³/mol. The summed E-state index contributed by atoms with van der Waals surface area (Å²) in [6.45, 7) is 0. The molecule has 0 bridgehead atoms. The molecular weight excluding hydrogens is 306 g/mol. The molecule has 1 fully saturated rings. The number of carbonyl (C=O) groups excluding carboxylic acids is 1. The summed E-state index contributed by atoms with van der Waals surface area (Å²) in [6.07, 6.45) is 2.53. The largest absolute Gasteiger partial charge is 0.328 e. The second-order valence-corrected chi connectivity index (χ2v) is 6.54. The maximum absolute atomic E-state index is 12.1. The van der Waals surface area contributed by atoms with Crippen molar-refractivity contribution in [2.75, 3.05) is 5.32 Å². The third kappa shape index (κ3) is 3.26. The molecule has 1 aliphatic rings. The Bertz CT molecular complexity index is 658. The van der Waals surface area contributed by atoms with E-state index in [1.807, 2.05) is 29.6 Å². The second kappa shape index (κ2) is 6.13. The van der Waals surface area contributed by atoms with Gasteiger partial charge >= 0.3 is 0 Å². The van der Waals surface area contributed by atoms with Crippen LogP contribution in [-0.2, 0) is 4.79 Å². The molecule has 2 aromatic rings. The Morgan fingerprint density at radius 2 is 2.19 bits per heavy atom. The third-order valence-corrected chi connectivity index (χ3v) is 4.82. The summed E-state index contributed by atoms with van der Waals surface area (Å²) in [5, 5.41) is 6.05. The van der Waals surface area contributed by atoms with Crippen molar-refractivity contribution in [2.45, 2.75) is 25.3 Å². The van der Waals surface area contributed by atoms with Gasteiger partial charge in [-0.05, 0) is 25.3 Å². The van der Waals surface area contributed by atoms with Crippen LogP contribution in [0.2, 0.25) is 5.02 Å². The average molecular weight is 322 g/mol. The average Bonchev–Trinajstić information content (AvgIpc) is 3.08. The molecule has 110 valence electrons. The van der Waals surface area contributed by atoms with Gasteiger partial charge in [0.25, 0.3) is 0 Å². The molecule has 1 aliphatic carbocycles. The number of hydrogen-bond donors (Lipinski definition) is 2. The van der Waals surface area contributed by atoms with Crippen molar-refractivity contribution in [1.82, 2.24) is 4.98 Å². The number of anilines is 1. The summed E-state index contributed by atoms with van der Waals surface area (Å²) >= 11 is 7.56. The van der Waals surface area contributed by atoms with E-state index in [1.54, 1.807) is 0 Å². The first-order valence-corrected chi connectivity index (χ1v) is 8.16. The van der Waals surface area contributed by atoms with Gasteiger partial charge in [0.15, 0.2) is 5.13 Å². The Hall–Kier alpha value is -1.43. The Kier molecular flexibility index (Phi) is 4.24. The molecule has 1 heterocycles. The molecular formula is C15H16ClN3OS. The molecule has 2 unspecified atom stereocenters. The molecule has 0 radical (unpaired) electrons. The number of carbonyl (C=O) groups is 1. The summed E-state index contributed by atoms with van der Waals surface area (Å²) in [7, 11) is 0. The van der Waals surface area contributed by atoms with Crippen molar-refractivity contribution in [3.63, 3.8) is 0 Å². The number of nitrogens with one attached hydrogen (secondary N) is 1. The van der Waals surface area contributed by atoms with Crippen LogP contribution in [0.4, 0.5) is 5.13 Å². The number of halogens is 1. The van der Waals surface area contributed by atoms with Crippen molar-refractivity contribution < 1.29 is 4.79 Å². The highest BCUT2D eigenvalue weighted by atomic mass is 35.5. The van der Waals surface area contributed by atoms with Gasteiger partial charge in [-0.25, -0.2) is 4.98 Å². The van der Waals surface area contributed by atoms with Gasteiger partial charge in [0.05, 0.1) is 5.69 Å². The quantitative estimate of drug-likeness (QED) is 0.908. The van der Waals surface area contributed by atoms with Gasteiger partial charge in [-0.1, -0.05) is 29.8 Å². The fraction of sp³-hybridized carbons (Fsp3) is 0.333. The van der Waals surface area contributed by atoms with E-state index in [0.29, 0.717) is 10.2 Å². The van der Waals surface area contributed by atoms with Crippen molar-refractivity contribution in [3.8, 4) is 11.3 Å². The molecule has 4 nitrogen and oxygen atoms in total. The van der Waals surface area contributed by atoms with Crippen LogP contribution in [-0.4, -0.2) is 16.9 Å². The van der Waals surface area contributed by atoms with Crippen molar-refractivity contribution in [3.05, 3.63) is 34.7 Å². The van der Waals surface area contributed by atoms with Gasteiger partial charge in [-0.2, -0.15) is 0 Å². The molecule has 21 heavy (non-hydrogen) atoms. The zero-order valence-corrected chi connectivity index (χ0v) is 13.0. The van der Waals surface area contributed by atoms with Crippen LogP contribution in [0.25, 0.3) is 11.3 Å². The summed E-state index contributed by atoms with van der Waals surface area (Å²) in [4.78, 5) is 16.6. The fourth-order valence-electron chi connectivity index (χ4n) is 2.59. The van der Waals surface area contributed by atoms with E-state index in [0.717, 1.165) is 30.5 Å². The second-order valence-electron chi connectivity index (χ2n) is 5.28. The molecule has 0 saturated heterocycles. The molecule has 1 aromatic carbocycles. The lowest BCUT2D eigenvalue weighted by molar-refractivity contribution is -0.119. The maximum Gasteiger partial charge on any atom is 0.229 e. The van der Waals surface area contributed by atoms with Gasteiger partial charge in [-0.15, -0.1) is 11.3 Å². The first-order valence-electron chi connectivity index (χ1n) is 6.90. The van der Waals surface area contributed by atoms with Crippen molar-refractivity contribution >= 4 is 34.0 Å². The Morgan fingerprint density at radius 3 is 2.90 bits per heavy atom.